The van der Waals surface area contributed by atoms with Gasteiger partial charge in [-0.2, -0.15) is 0 Å². The number of amides is 2. The number of hydrogen-bond acceptors (Lipinski definition) is 4. The molecule has 1 saturated heterocycles. The van der Waals surface area contributed by atoms with E-state index in [1.54, 1.807) is 4.90 Å². The second kappa shape index (κ2) is 7.37. The van der Waals surface area contributed by atoms with Gasteiger partial charge in [0.05, 0.1) is 0 Å². The lowest BCUT2D eigenvalue weighted by atomic mass is 10.0. The number of carbonyl (C=O) groups is 3. The average molecular weight is 288 g/mol. The molecule has 0 aromatic heterocycles. The summed E-state index contributed by atoms with van der Waals surface area (Å²) in [6.07, 6.45) is 0.549. The molecule has 2 amide bonds. The van der Waals surface area contributed by atoms with Gasteiger partial charge in [-0.1, -0.05) is 25.6 Å². The number of carboxylic acids is 1. The van der Waals surface area contributed by atoms with Gasteiger partial charge in [0, 0.05) is 25.3 Å². The molecular weight excluding hydrogens is 268 g/mol. The first kappa shape index (κ1) is 15.8. The van der Waals surface area contributed by atoms with Crippen LogP contribution in [0.1, 0.15) is 26.7 Å². The molecule has 1 fully saturated rings. The van der Waals surface area contributed by atoms with Gasteiger partial charge in [-0.25, -0.2) is 4.79 Å². The second-order valence-electron chi connectivity index (χ2n) is 4.94. The fourth-order valence-electron chi connectivity index (χ4n) is 1.82. The van der Waals surface area contributed by atoms with Crippen LogP contribution in [-0.4, -0.2) is 52.0 Å². The molecular formula is C12H20N2O4S. The number of hydrogen-bond donors (Lipinski definition) is 2. The van der Waals surface area contributed by atoms with Crippen molar-refractivity contribution in [2.45, 2.75) is 32.7 Å². The Labute approximate surface area is 116 Å². The van der Waals surface area contributed by atoms with Crippen LogP contribution in [-0.2, 0) is 9.59 Å². The zero-order valence-electron chi connectivity index (χ0n) is 11.2. The summed E-state index contributed by atoms with van der Waals surface area (Å²) in [5, 5.41) is 11.5. The van der Waals surface area contributed by atoms with Gasteiger partial charge in [0.1, 0.15) is 6.04 Å². The maximum atomic E-state index is 11.7. The van der Waals surface area contributed by atoms with Gasteiger partial charge in [-0.15, -0.1) is 0 Å². The smallest absolute Gasteiger partial charge is 0.326 e. The van der Waals surface area contributed by atoms with Crippen LogP contribution in [0.25, 0.3) is 0 Å². The number of nitrogens with zero attached hydrogens (tertiary/aromatic N) is 1. The summed E-state index contributed by atoms with van der Waals surface area (Å²) in [6.45, 7) is 4.82. The van der Waals surface area contributed by atoms with Crippen LogP contribution in [0, 0.1) is 5.92 Å². The Morgan fingerprint density at radius 2 is 2.16 bits per heavy atom. The van der Waals surface area contributed by atoms with Crippen molar-refractivity contribution in [3.05, 3.63) is 0 Å². The van der Waals surface area contributed by atoms with Crippen LogP contribution in [0.4, 0.5) is 4.79 Å². The van der Waals surface area contributed by atoms with E-state index in [2.05, 4.69) is 5.32 Å². The van der Waals surface area contributed by atoms with E-state index in [9.17, 15) is 14.4 Å². The lowest BCUT2D eigenvalue weighted by Crippen LogP contribution is -2.42. The van der Waals surface area contributed by atoms with Gasteiger partial charge >= 0.3 is 5.97 Å². The predicted octanol–water partition coefficient (Wildman–Crippen LogP) is 1.16. The summed E-state index contributed by atoms with van der Waals surface area (Å²) >= 11 is 1.25. The van der Waals surface area contributed by atoms with Crippen molar-refractivity contribution in [1.29, 1.82) is 0 Å². The second-order valence-corrected chi connectivity index (χ2v) is 5.99. The molecule has 0 aromatic carbocycles. The van der Waals surface area contributed by atoms with Crippen LogP contribution in [0.15, 0.2) is 0 Å². The molecule has 7 heteroatoms. The molecule has 2 N–H and O–H groups in total. The van der Waals surface area contributed by atoms with Crippen LogP contribution in [0.2, 0.25) is 0 Å². The highest BCUT2D eigenvalue weighted by Crippen LogP contribution is 2.17. The largest absolute Gasteiger partial charge is 0.480 e. The van der Waals surface area contributed by atoms with E-state index in [-0.39, 0.29) is 23.5 Å². The monoisotopic (exact) mass is 288 g/mol. The molecule has 1 aliphatic rings. The Morgan fingerprint density at radius 1 is 1.47 bits per heavy atom. The topological polar surface area (TPSA) is 86.7 Å². The maximum Gasteiger partial charge on any atom is 0.326 e. The van der Waals surface area contributed by atoms with Crippen LogP contribution in [0.5, 0.6) is 0 Å². The van der Waals surface area contributed by atoms with Crippen molar-refractivity contribution in [3.63, 3.8) is 0 Å². The first-order valence-corrected chi connectivity index (χ1v) is 7.32. The van der Waals surface area contributed by atoms with Crippen LogP contribution < -0.4 is 5.32 Å². The SMILES string of the molecule is CC(C)CC(NC(=O)CCN1CCSC1=O)C(=O)O. The highest BCUT2D eigenvalue weighted by atomic mass is 32.2. The first-order chi connectivity index (χ1) is 8.90. The number of aliphatic carboxylic acids is 1. The molecule has 6 nitrogen and oxygen atoms in total. The molecule has 0 bridgehead atoms. The van der Waals surface area contributed by atoms with Gasteiger partial charge in [0.25, 0.3) is 5.24 Å². The summed E-state index contributed by atoms with van der Waals surface area (Å²) in [5.41, 5.74) is 0. The van der Waals surface area contributed by atoms with Crippen molar-refractivity contribution < 1.29 is 19.5 Å². The quantitative estimate of drug-likeness (QED) is 0.734. The molecule has 0 radical (unpaired) electrons. The normalized spacial score (nSPS) is 16.8. The van der Waals surface area contributed by atoms with Crippen molar-refractivity contribution in [2.75, 3.05) is 18.8 Å². The molecule has 1 unspecified atom stereocenters. The summed E-state index contributed by atoms with van der Waals surface area (Å²) in [7, 11) is 0. The Bertz CT molecular complexity index is 360. The highest BCUT2D eigenvalue weighted by Gasteiger charge is 2.24. The zero-order chi connectivity index (χ0) is 14.4. The molecule has 1 rings (SSSR count). The maximum absolute atomic E-state index is 11.7. The minimum Gasteiger partial charge on any atom is -0.480 e. The molecule has 1 aliphatic heterocycles. The molecule has 1 heterocycles. The number of rotatable bonds is 7. The molecule has 108 valence electrons. The third-order valence-electron chi connectivity index (χ3n) is 2.79. The molecule has 19 heavy (non-hydrogen) atoms. The van der Waals surface area contributed by atoms with Crippen molar-refractivity contribution >= 4 is 28.9 Å². The molecule has 0 aliphatic carbocycles. The van der Waals surface area contributed by atoms with Crippen molar-refractivity contribution in [3.8, 4) is 0 Å². The lowest BCUT2D eigenvalue weighted by Gasteiger charge is -2.18. The van der Waals surface area contributed by atoms with Crippen LogP contribution in [0.3, 0.4) is 0 Å². The fourth-order valence-corrected chi connectivity index (χ4v) is 2.68. The fraction of sp³-hybridized carbons (Fsp3) is 0.750. The van der Waals surface area contributed by atoms with E-state index in [4.69, 9.17) is 5.11 Å². The summed E-state index contributed by atoms with van der Waals surface area (Å²) in [5.74, 6) is -0.392. The molecule has 0 saturated carbocycles. The number of carbonyl (C=O) groups excluding carboxylic acids is 2. The van der Waals surface area contributed by atoms with Gasteiger partial charge in [0.2, 0.25) is 5.91 Å². The van der Waals surface area contributed by atoms with E-state index in [1.165, 1.54) is 11.8 Å². The van der Waals surface area contributed by atoms with Gasteiger partial charge in [0.15, 0.2) is 0 Å². The molecule has 0 spiro atoms. The Hall–Kier alpha value is -1.24. The number of carboxylic acid groups (broad SMARTS) is 1. The van der Waals surface area contributed by atoms with E-state index in [0.29, 0.717) is 19.5 Å². The van der Waals surface area contributed by atoms with Gasteiger partial charge < -0.3 is 15.3 Å². The van der Waals surface area contributed by atoms with E-state index in [1.807, 2.05) is 13.8 Å². The van der Waals surface area contributed by atoms with Crippen molar-refractivity contribution in [1.82, 2.24) is 10.2 Å². The predicted molar refractivity (Wildman–Crippen MR) is 73.1 cm³/mol. The Balaban J connectivity index is 2.35. The lowest BCUT2D eigenvalue weighted by molar-refractivity contribution is -0.142. The number of thioether (sulfide) groups is 1. The highest BCUT2D eigenvalue weighted by molar-refractivity contribution is 8.13. The number of nitrogens with one attached hydrogen (secondary N) is 1. The molecule has 1 atom stereocenters. The summed E-state index contributed by atoms with van der Waals surface area (Å²) in [4.78, 5) is 35.6. The van der Waals surface area contributed by atoms with E-state index >= 15 is 0 Å². The third kappa shape index (κ3) is 5.50. The van der Waals surface area contributed by atoms with E-state index in [0.717, 1.165) is 5.75 Å². The Morgan fingerprint density at radius 3 is 2.63 bits per heavy atom. The van der Waals surface area contributed by atoms with Gasteiger partial charge in [-0.3, -0.25) is 9.59 Å². The standard InChI is InChI=1S/C12H20N2O4S/c1-8(2)7-9(11(16)17)13-10(15)3-4-14-5-6-19-12(14)18/h8-9H,3-7H2,1-2H3,(H,13,15)(H,16,17). The zero-order valence-corrected chi connectivity index (χ0v) is 12.0. The summed E-state index contributed by atoms with van der Waals surface area (Å²) < 4.78 is 0. The Kier molecular flexibility index (Phi) is 6.14. The van der Waals surface area contributed by atoms with E-state index < -0.39 is 12.0 Å². The average Bonchev–Trinajstić information content (AvgIpc) is 2.70. The van der Waals surface area contributed by atoms with Crippen molar-refractivity contribution in [2.24, 2.45) is 5.92 Å². The van der Waals surface area contributed by atoms with Crippen LogP contribution >= 0.6 is 11.8 Å². The summed E-state index contributed by atoms with van der Waals surface area (Å²) in [6, 6.07) is -0.851. The molecule has 0 aromatic rings. The van der Waals surface area contributed by atoms with Gasteiger partial charge in [-0.05, 0) is 12.3 Å². The minimum atomic E-state index is -1.02. The first-order valence-electron chi connectivity index (χ1n) is 6.34. The minimum absolute atomic E-state index is 0.00948. The third-order valence-corrected chi connectivity index (χ3v) is 3.69.